The molecule has 2 nitrogen and oxygen atoms in total. The number of nitrogens with two attached hydrogens (primary N) is 1. The van der Waals surface area contributed by atoms with Crippen LogP contribution in [0.5, 0.6) is 0 Å². The van der Waals surface area contributed by atoms with Crippen LogP contribution in [0.4, 0.5) is 0 Å². The van der Waals surface area contributed by atoms with Crippen molar-refractivity contribution in [2.75, 3.05) is 6.54 Å². The van der Waals surface area contributed by atoms with Gasteiger partial charge in [0.25, 0.3) is 0 Å². The van der Waals surface area contributed by atoms with Gasteiger partial charge in [0.1, 0.15) is 0 Å². The summed E-state index contributed by atoms with van der Waals surface area (Å²) in [5, 5.41) is 9.25. The number of aliphatic hydroxyl groups excluding tert-OH is 1. The number of rotatable bonds is 5. The minimum atomic E-state index is -0.134. The average Bonchev–Trinajstić information content (AvgIpc) is 2.67. The minimum Gasteiger partial charge on any atom is -0.393 e. The van der Waals surface area contributed by atoms with Crippen LogP contribution in [-0.2, 0) is 0 Å². The molecule has 10 heavy (non-hydrogen) atoms. The lowest BCUT2D eigenvalue weighted by molar-refractivity contribution is 0.152. The van der Waals surface area contributed by atoms with Crippen molar-refractivity contribution in [1.29, 1.82) is 0 Å². The van der Waals surface area contributed by atoms with Gasteiger partial charge in [-0.2, -0.15) is 0 Å². The van der Waals surface area contributed by atoms with Gasteiger partial charge in [0.15, 0.2) is 0 Å². The van der Waals surface area contributed by atoms with E-state index in [1.807, 2.05) is 0 Å². The van der Waals surface area contributed by atoms with Gasteiger partial charge in [0.2, 0.25) is 0 Å². The molecule has 0 spiro atoms. The molecule has 0 heterocycles. The average molecular weight is 143 g/mol. The molecule has 1 rings (SSSR count). The summed E-state index contributed by atoms with van der Waals surface area (Å²) in [7, 11) is 0. The van der Waals surface area contributed by atoms with Crippen molar-refractivity contribution in [3.05, 3.63) is 0 Å². The Labute approximate surface area is 62.4 Å². The zero-order valence-corrected chi connectivity index (χ0v) is 6.42. The van der Waals surface area contributed by atoms with Crippen molar-refractivity contribution in [3.8, 4) is 0 Å². The maximum atomic E-state index is 9.25. The second-order valence-corrected chi connectivity index (χ2v) is 3.25. The highest BCUT2D eigenvalue weighted by Gasteiger charge is 2.21. The molecule has 1 aliphatic carbocycles. The van der Waals surface area contributed by atoms with E-state index in [0.717, 1.165) is 18.8 Å². The van der Waals surface area contributed by atoms with E-state index in [0.29, 0.717) is 6.54 Å². The maximum Gasteiger partial charge on any atom is 0.0552 e. The second-order valence-electron chi connectivity index (χ2n) is 3.25. The first-order chi connectivity index (χ1) is 4.83. The highest BCUT2D eigenvalue weighted by Crippen LogP contribution is 2.33. The lowest BCUT2D eigenvalue weighted by Gasteiger charge is -2.06. The van der Waals surface area contributed by atoms with E-state index in [1.54, 1.807) is 0 Å². The van der Waals surface area contributed by atoms with Gasteiger partial charge in [-0.15, -0.1) is 0 Å². The molecule has 1 fully saturated rings. The van der Waals surface area contributed by atoms with Gasteiger partial charge < -0.3 is 10.8 Å². The Morgan fingerprint density at radius 2 is 2.10 bits per heavy atom. The third-order valence-corrected chi connectivity index (χ3v) is 2.10. The van der Waals surface area contributed by atoms with E-state index in [-0.39, 0.29) is 6.10 Å². The highest BCUT2D eigenvalue weighted by molar-refractivity contribution is 4.74. The monoisotopic (exact) mass is 143 g/mol. The third-order valence-electron chi connectivity index (χ3n) is 2.10. The summed E-state index contributed by atoms with van der Waals surface area (Å²) in [6.07, 6.45) is 5.58. The molecule has 1 atom stereocenters. The van der Waals surface area contributed by atoms with Crippen molar-refractivity contribution in [2.45, 2.75) is 38.2 Å². The SMILES string of the molecule is NCCC(O)CCC1CC1. The Hall–Kier alpha value is -0.0800. The van der Waals surface area contributed by atoms with Gasteiger partial charge in [-0.3, -0.25) is 0 Å². The van der Waals surface area contributed by atoms with E-state index >= 15 is 0 Å². The Morgan fingerprint density at radius 1 is 1.40 bits per heavy atom. The molecule has 2 heteroatoms. The Morgan fingerprint density at radius 3 is 2.60 bits per heavy atom. The van der Waals surface area contributed by atoms with Gasteiger partial charge >= 0.3 is 0 Å². The summed E-state index contributed by atoms with van der Waals surface area (Å²) in [4.78, 5) is 0. The van der Waals surface area contributed by atoms with Crippen LogP contribution in [0.25, 0.3) is 0 Å². The molecular formula is C8H17NO. The molecule has 0 saturated heterocycles. The van der Waals surface area contributed by atoms with Crippen molar-refractivity contribution in [1.82, 2.24) is 0 Å². The molecule has 0 aromatic carbocycles. The van der Waals surface area contributed by atoms with Gasteiger partial charge in [0, 0.05) is 0 Å². The fraction of sp³-hybridized carbons (Fsp3) is 1.00. The molecule has 1 saturated carbocycles. The Balaban J connectivity index is 1.89. The van der Waals surface area contributed by atoms with Crippen LogP contribution in [-0.4, -0.2) is 17.8 Å². The fourth-order valence-electron chi connectivity index (χ4n) is 1.17. The van der Waals surface area contributed by atoms with Crippen molar-refractivity contribution in [3.63, 3.8) is 0 Å². The quantitative estimate of drug-likeness (QED) is 0.600. The van der Waals surface area contributed by atoms with Crippen molar-refractivity contribution < 1.29 is 5.11 Å². The lowest BCUT2D eigenvalue weighted by Crippen LogP contribution is -2.13. The van der Waals surface area contributed by atoms with Crippen molar-refractivity contribution in [2.24, 2.45) is 11.7 Å². The van der Waals surface area contributed by atoms with Crippen LogP contribution in [0.3, 0.4) is 0 Å². The first-order valence-electron chi connectivity index (χ1n) is 4.21. The van der Waals surface area contributed by atoms with E-state index < -0.39 is 0 Å². The summed E-state index contributed by atoms with van der Waals surface area (Å²) in [5.41, 5.74) is 5.29. The van der Waals surface area contributed by atoms with E-state index in [9.17, 15) is 5.11 Å². The second kappa shape index (κ2) is 3.94. The van der Waals surface area contributed by atoms with Crippen LogP contribution in [0.15, 0.2) is 0 Å². The number of aliphatic hydroxyl groups is 1. The molecule has 1 aliphatic rings. The summed E-state index contributed by atoms with van der Waals surface area (Å²) in [6.45, 7) is 0.617. The Kier molecular flexibility index (Phi) is 3.16. The molecule has 1 unspecified atom stereocenters. The maximum absolute atomic E-state index is 9.25. The molecule has 0 aromatic rings. The van der Waals surface area contributed by atoms with Crippen molar-refractivity contribution >= 4 is 0 Å². The van der Waals surface area contributed by atoms with Crippen LogP contribution < -0.4 is 5.73 Å². The van der Waals surface area contributed by atoms with E-state index in [4.69, 9.17) is 5.73 Å². The lowest BCUT2D eigenvalue weighted by atomic mass is 10.1. The smallest absolute Gasteiger partial charge is 0.0552 e. The van der Waals surface area contributed by atoms with Crippen LogP contribution >= 0.6 is 0 Å². The molecule has 60 valence electrons. The van der Waals surface area contributed by atoms with Gasteiger partial charge in [-0.1, -0.05) is 12.8 Å². The van der Waals surface area contributed by atoms with Gasteiger partial charge in [0.05, 0.1) is 6.10 Å². The summed E-state index contributed by atoms with van der Waals surface area (Å²) in [6, 6.07) is 0. The normalized spacial score (nSPS) is 21.0. The predicted molar refractivity (Wildman–Crippen MR) is 41.6 cm³/mol. The zero-order chi connectivity index (χ0) is 7.40. The first kappa shape index (κ1) is 8.02. The minimum absolute atomic E-state index is 0.134. The third kappa shape index (κ3) is 3.18. The molecular weight excluding hydrogens is 126 g/mol. The molecule has 3 N–H and O–H groups in total. The van der Waals surface area contributed by atoms with Crippen LogP contribution in [0.1, 0.15) is 32.1 Å². The summed E-state index contributed by atoms with van der Waals surface area (Å²) < 4.78 is 0. The van der Waals surface area contributed by atoms with Gasteiger partial charge in [-0.05, 0) is 31.7 Å². The largest absolute Gasteiger partial charge is 0.393 e. The van der Waals surface area contributed by atoms with Crippen LogP contribution in [0.2, 0.25) is 0 Å². The van der Waals surface area contributed by atoms with Gasteiger partial charge in [-0.25, -0.2) is 0 Å². The summed E-state index contributed by atoms with van der Waals surface area (Å²) in [5.74, 6) is 0.937. The standard InChI is InChI=1S/C8H17NO/c9-6-5-8(10)4-3-7-1-2-7/h7-8,10H,1-6,9H2. The topological polar surface area (TPSA) is 46.2 Å². The number of hydrogen-bond acceptors (Lipinski definition) is 2. The first-order valence-corrected chi connectivity index (χ1v) is 4.21. The molecule has 0 radical (unpaired) electrons. The predicted octanol–water partition coefficient (Wildman–Crippen LogP) is 0.886. The molecule has 0 bridgehead atoms. The Bertz CT molecular complexity index is 91.3. The molecule has 0 aliphatic heterocycles. The zero-order valence-electron chi connectivity index (χ0n) is 6.42. The fourth-order valence-corrected chi connectivity index (χ4v) is 1.17. The molecule has 0 aromatic heterocycles. The van der Waals surface area contributed by atoms with E-state index in [2.05, 4.69) is 0 Å². The summed E-state index contributed by atoms with van der Waals surface area (Å²) >= 11 is 0. The highest BCUT2D eigenvalue weighted by atomic mass is 16.3. The van der Waals surface area contributed by atoms with E-state index in [1.165, 1.54) is 19.3 Å². The molecule has 0 amide bonds. The number of hydrogen-bond donors (Lipinski definition) is 2. The van der Waals surface area contributed by atoms with Crippen LogP contribution in [0, 0.1) is 5.92 Å².